The predicted octanol–water partition coefficient (Wildman–Crippen LogP) is 3.99. The Kier molecular flexibility index (Phi) is 5.06. The zero-order valence-corrected chi connectivity index (χ0v) is 12.9. The standard InChI is InChI=1S/C15H21ClN2S/c1-18(10-11-5-3-2-4-6-11)12-7-8-13(15(17)19)14(16)9-12/h7-9,11H,2-6,10H2,1H3,(H2,17,19). The molecule has 1 aromatic rings. The molecule has 1 fully saturated rings. The lowest BCUT2D eigenvalue weighted by Gasteiger charge is -2.28. The molecule has 1 saturated carbocycles. The quantitative estimate of drug-likeness (QED) is 0.852. The fourth-order valence-corrected chi connectivity index (χ4v) is 3.31. The van der Waals surface area contributed by atoms with Gasteiger partial charge < -0.3 is 10.6 Å². The van der Waals surface area contributed by atoms with E-state index in [4.69, 9.17) is 29.6 Å². The maximum absolute atomic E-state index is 6.22. The van der Waals surface area contributed by atoms with E-state index in [0.717, 1.165) is 23.7 Å². The van der Waals surface area contributed by atoms with Crippen molar-refractivity contribution >= 4 is 34.5 Å². The van der Waals surface area contributed by atoms with Crippen LogP contribution in [0.1, 0.15) is 37.7 Å². The van der Waals surface area contributed by atoms with Gasteiger partial charge in [0.15, 0.2) is 0 Å². The van der Waals surface area contributed by atoms with Gasteiger partial charge in [0, 0.05) is 24.8 Å². The average molecular weight is 297 g/mol. The first-order valence-electron chi connectivity index (χ1n) is 6.88. The number of halogens is 1. The van der Waals surface area contributed by atoms with Gasteiger partial charge in [0.05, 0.1) is 5.02 Å². The smallest absolute Gasteiger partial charge is 0.105 e. The minimum absolute atomic E-state index is 0.353. The first-order valence-corrected chi connectivity index (χ1v) is 7.67. The van der Waals surface area contributed by atoms with Crippen LogP contribution in [0.15, 0.2) is 18.2 Å². The molecule has 2 N–H and O–H groups in total. The van der Waals surface area contributed by atoms with E-state index in [1.807, 2.05) is 18.2 Å². The molecule has 0 bridgehead atoms. The lowest BCUT2D eigenvalue weighted by atomic mass is 9.89. The fraction of sp³-hybridized carbons (Fsp3) is 0.533. The number of benzene rings is 1. The Morgan fingerprint density at radius 2 is 2.05 bits per heavy atom. The number of nitrogens with two attached hydrogens (primary N) is 1. The lowest BCUT2D eigenvalue weighted by molar-refractivity contribution is 0.362. The molecular formula is C15H21ClN2S. The van der Waals surface area contributed by atoms with Crippen molar-refractivity contribution in [2.45, 2.75) is 32.1 Å². The SMILES string of the molecule is CN(CC1CCCCC1)c1ccc(C(N)=S)c(Cl)c1. The second kappa shape index (κ2) is 6.58. The number of anilines is 1. The van der Waals surface area contributed by atoms with E-state index in [2.05, 4.69) is 11.9 Å². The zero-order valence-electron chi connectivity index (χ0n) is 11.4. The Balaban J connectivity index is 2.04. The highest BCUT2D eigenvalue weighted by Gasteiger charge is 2.16. The summed E-state index contributed by atoms with van der Waals surface area (Å²) in [5.41, 5.74) is 7.51. The molecule has 0 aliphatic heterocycles. The van der Waals surface area contributed by atoms with E-state index in [9.17, 15) is 0 Å². The molecule has 0 radical (unpaired) electrons. The third-order valence-corrected chi connectivity index (χ3v) is 4.45. The minimum Gasteiger partial charge on any atom is -0.389 e. The molecule has 4 heteroatoms. The largest absolute Gasteiger partial charge is 0.389 e. The van der Waals surface area contributed by atoms with E-state index >= 15 is 0 Å². The van der Waals surface area contributed by atoms with Crippen molar-refractivity contribution in [3.63, 3.8) is 0 Å². The Labute approximate surface area is 125 Å². The van der Waals surface area contributed by atoms with Crippen molar-refractivity contribution in [3.8, 4) is 0 Å². The van der Waals surface area contributed by atoms with Gasteiger partial charge in [-0.15, -0.1) is 0 Å². The highest BCUT2D eigenvalue weighted by atomic mass is 35.5. The normalized spacial score (nSPS) is 16.3. The van der Waals surface area contributed by atoms with Crippen molar-refractivity contribution in [1.82, 2.24) is 0 Å². The molecule has 0 aromatic heterocycles. The van der Waals surface area contributed by atoms with Gasteiger partial charge in [-0.1, -0.05) is 43.1 Å². The van der Waals surface area contributed by atoms with Gasteiger partial charge >= 0.3 is 0 Å². The van der Waals surface area contributed by atoms with Gasteiger partial charge in [0.1, 0.15) is 4.99 Å². The summed E-state index contributed by atoms with van der Waals surface area (Å²) in [4.78, 5) is 2.64. The highest BCUT2D eigenvalue weighted by molar-refractivity contribution is 7.80. The van der Waals surface area contributed by atoms with Crippen LogP contribution >= 0.6 is 23.8 Å². The van der Waals surface area contributed by atoms with Gasteiger partial charge in [-0.05, 0) is 37.0 Å². The number of thiocarbonyl (C=S) groups is 1. The zero-order chi connectivity index (χ0) is 13.8. The van der Waals surface area contributed by atoms with Gasteiger partial charge in [-0.25, -0.2) is 0 Å². The molecule has 0 unspecified atom stereocenters. The molecule has 1 aromatic carbocycles. The number of hydrogen-bond donors (Lipinski definition) is 1. The first kappa shape index (κ1) is 14.6. The third kappa shape index (κ3) is 3.83. The maximum Gasteiger partial charge on any atom is 0.105 e. The van der Waals surface area contributed by atoms with Crippen LogP contribution in [-0.2, 0) is 0 Å². The molecule has 1 aliphatic carbocycles. The molecule has 0 spiro atoms. The minimum atomic E-state index is 0.353. The Bertz CT molecular complexity index is 455. The second-order valence-electron chi connectivity index (χ2n) is 5.41. The maximum atomic E-state index is 6.22. The van der Waals surface area contributed by atoms with E-state index in [-0.39, 0.29) is 0 Å². The van der Waals surface area contributed by atoms with E-state index in [0.29, 0.717) is 10.0 Å². The summed E-state index contributed by atoms with van der Waals surface area (Å²) in [5, 5.41) is 0.639. The Morgan fingerprint density at radius 1 is 1.37 bits per heavy atom. The lowest BCUT2D eigenvalue weighted by Crippen LogP contribution is -2.26. The molecule has 2 rings (SSSR count). The molecular weight excluding hydrogens is 276 g/mol. The van der Waals surface area contributed by atoms with Crippen LogP contribution in [0.5, 0.6) is 0 Å². The molecule has 19 heavy (non-hydrogen) atoms. The molecule has 0 saturated heterocycles. The van der Waals surface area contributed by atoms with Crippen LogP contribution < -0.4 is 10.6 Å². The van der Waals surface area contributed by atoms with Crippen LogP contribution in [0.4, 0.5) is 5.69 Å². The van der Waals surface area contributed by atoms with Gasteiger partial charge in [-0.2, -0.15) is 0 Å². The number of nitrogens with zero attached hydrogens (tertiary/aromatic N) is 1. The summed E-state index contributed by atoms with van der Waals surface area (Å²) in [6.45, 7) is 1.10. The van der Waals surface area contributed by atoms with Crippen molar-refractivity contribution in [1.29, 1.82) is 0 Å². The van der Waals surface area contributed by atoms with Crippen molar-refractivity contribution in [2.24, 2.45) is 11.7 Å². The van der Waals surface area contributed by atoms with Crippen LogP contribution in [0, 0.1) is 5.92 Å². The summed E-state index contributed by atoms with van der Waals surface area (Å²) in [6.07, 6.45) is 6.85. The van der Waals surface area contributed by atoms with E-state index in [1.54, 1.807) is 0 Å². The first-order chi connectivity index (χ1) is 9.08. The highest BCUT2D eigenvalue weighted by Crippen LogP contribution is 2.28. The Morgan fingerprint density at radius 3 is 2.63 bits per heavy atom. The summed E-state index contributed by atoms with van der Waals surface area (Å²) in [7, 11) is 2.13. The summed E-state index contributed by atoms with van der Waals surface area (Å²) >= 11 is 11.2. The monoisotopic (exact) mass is 296 g/mol. The van der Waals surface area contributed by atoms with Crippen LogP contribution in [-0.4, -0.2) is 18.6 Å². The molecule has 0 heterocycles. The summed E-state index contributed by atoms with van der Waals surface area (Å²) in [6, 6.07) is 5.92. The van der Waals surface area contributed by atoms with Crippen LogP contribution in [0.2, 0.25) is 5.02 Å². The number of rotatable bonds is 4. The Hall–Kier alpha value is -0.800. The van der Waals surface area contributed by atoms with Crippen LogP contribution in [0.25, 0.3) is 0 Å². The summed E-state index contributed by atoms with van der Waals surface area (Å²) < 4.78 is 0. The summed E-state index contributed by atoms with van der Waals surface area (Å²) in [5.74, 6) is 0.813. The third-order valence-electron chi connectivity index (χ3n) is 3.92. The molecule has 0 amide bonds. The molecule has 1 aliphatic rings. The predicted molar refractivity (Wildman–Crippen MR) is 87.2 cm³/mol. The van der Waals surface area contributed by atoms with E-state index < -0.39 is 0 Å². The van der Waals surface area contributed by atoms with Gasteiger partial charge in [0.2, 0.25) is 0 Å². The molecule has 2 nitrogen and oxygen atoms in total. The second-order valence-corrected chi connectivity index (χ2v) is 6.26. The molecule has 0 atom stereocenters. The van der Waals surface area contributed by atoms with Crippen molar-refractivity contribution in [2.75, 3.05) is 18.5 Å². The van der Waals surface area contributed by atoms with Crippen molar-refractivity contribution < 1.29 is 0 Å². The van der Waals surface area contributed by atoms with Gasteiger partial charge in [-0.3, -0.25) is 0 Å². The topological polar surface area (TPSA) is 29.3 Å². The molecule has 104 valence electrons. The average Bonchev–Trinajstić information content (AvgIpc) is 2.39. The van der Waals surface area contributed by atoms with E-state index in [1.165, 1.54) is 32.1 Å². The number of hydrogen-bond acceptors (Lipinski definition) is 2. The van der Waals surface area contributed by atoms with Crippen LogP contribution in [0.3, 0.4) is 0 Å². The van der Waals surface area contributed by atoms with Crippen molar-refractivity contribution in [3.05, 3.63) is 28.8 Å². The fourth-order valence-electron chi connectivity index (χ4n) is 2.80. The van der Waals surface area contributed by atoms with Gasteiger partial charge in [0.25, 0.3) is 0 Å².